The molecule has 1 aliphatic heterocycles. The van der Waals surface area contributed by atoms with Crippen LogP contribution < -0.4 is 10.6 Å². The minimum atomic E-state index is -0.780. The third-order valence-corrected chi connectivity index (χ3v) is 5.95. The van der Waals surface area contributed by atoms with E-state index in [1.54, 1.807) is 25.1 Å². The molecule has 184 valence electrons. The predicted octanol–water partition coefficient (Wildman–Crippen LogP) is 4.02. The van der Waals surface area contributed by atoms with Crippen LogP contribution in [0.25, 0.3) is 0 Å². The first-order valence-corrected chi connectivity index (χ1v) is 11.6. The summed E-state index contributed by atoms with van der Waals surface area (Å²) in [5, 5.41) is 17.4. The zero-order valence-electron chi connectivity index (χ0n) is 20.1. The van der Waals surface area contributed by atoms with Gasteiger partial charge in [0.15, 0.2) is 0 Å². The number of non-ortho nitro benzene ring substituents is 1. The number of hydrogen-bond donors (Lipinski definition) is 2. The molecule has 0 saturated heterocycles. The van der Waals surface area contributed by atoms with Crippen LogP contribution in [0.5, 0.6) is 0 Å². The highest BCUT2D eigenvalue weighted by atomic mass is 16.6. The lowest BCUT2D eigenvalue weighted by atomic mass is 9.90. The Labute approximate surface area is 209 Å². The smallest absolute Gasteiger partial charge is 0.269 e. The molecule has 1 aliphatic rings. The third kappa shape index (κ3) is 5.64. The molecule has 9 nitrogen and oxygen atoms in total. The van der Waals surface area contributed by atoms with E-state index >= 15 is 0 Å². The Morgan fingerprint density at radius 1 is 1.08 bits per heavy atom. The van der Waals surface area contributed by atoms with Gasteiger partial charge in [0.1, 0.15) is 5.92 Å². The number of nitrogens with zero attached hydrogens (tertiary/aromatic N) is 3. The summed E-state index contributed by atoms with van der Waals surface area (Å²) in [4.78, 5) is 42.0. The molecule has 4 rings (SSSR count). The number of nitro groups is 1. The summed E-state index contributed by atoms with van der Waals surface area (Å²) >= 11 is 0. The van der Waals surface area contributed by atoms with Gasteiger partial charge in [-0.15, -0.1) is 0 Å². The van der Waals surface area contributed by atoms with Crippen molar-refractivity contribution in [3.05, 3.63) is 99.6 Å². The van der Waals surface area contributed by atoms with Crippen molar-refractivity contribution in [3.8, 4) is 0 Å². The SMILES string of the molecule is CN(C)C(=O)CCNCc1ccc(N=C(c2ccccc2)C2C(=O)Nc3ccc([N+](=O)[O-])cc32)cc1. The van der Waals surface area contributed by atoms with Crippen molar-refractivity contribution in [3.63, 3.8) is 0 Å². The number of carbonyl (C=O) groups is 2. The summed E-state index contributed by atoms with van der Waals surface area (Å²) in [6.45, 7) is 1.19. The number of rotatable bonds is 9. The molecular weight excluding hydrogens is 458 g/mol. The average molecular weight is 486 g/mol. The van der Waals surface area contributed by atoms with Gasteiger partial charge in [0, 0.05) is 57.0 Å². The van der Waals surface area contributed by atoms with Crippen molar-refractivity contribution in [2.45, 2.75) is 18.9 Å². The van der Waals surface area contributed by atoms with Crippen molar-refractivity contribution < 1.29 is 14.5 Å². The second kappa shape index (κ2) is 10.9. The normalized spacial score (nSPS) is 14.8. The fourth-order valence-electron chi connectivity index (χ4n) is 4.02. The molecule has 3 aromatic carbocycles. The van der Waals surface area contributed by atoms with Crippen LogP contribution in [0.1, 0.15) is 29.0 Å². The molecule has 0 bridgehead atoms. The van der Waals surface area contributed by atoms with Gasteiger partial charge in [-0.3, -0.25) is 24.7 Å². The van der Waals surface area contributed by atoms with Gasteiger partial charge in [-0.2, -0.15) is 0 Å². The molecule has 0 radical (unpaired) electrons. The highest BCUT2D eigenvalue weighted by molar-refractivity contribution is 6.24. The lowest BCUT2D eigenvalue weighted by Gasteiger charge is -2.14. The Balaban J connectivity index is 1.59. The Morgan fingerprint density at radius 3 is 2.47 bits per heavy atom. The van der Waals surface area contributed by atoms with E-state index < -0.39 is 10.8 Å². The minimum absolute atomic E-state index is 0.0727. The molecule has 0 fully saturated rings. The molecule has 36 heavy (non-hydrogen) atoms. The summed E-state index contributed by atoms with van der Waals surface area (Å²) in [7, 11) is 3.47. The zero-order chi connectivity index (χ0) is 25.7. The van der Waals surface area contributed by atoms with Gasteiger partial charge in [0.05, 0.1) is 16.3 Å². The van der Waals surface area contributed by atoms with Crippen molar-refractivity contribution in [1.82, 2.24) is 10.2 Å². The second-order valence-corrected chi connectivity index (χ2v) is 8.70. The fourth-order valence-corrected chi connectivity index (χ4v) is 4.02. The lowest BCUT2D eigenvalue weighted by molar-refractivity contribution is -0.384. The molecule has 1 heterocycles. The number of aliphatic imine (C=N–C) groups is 1. The maximum Gasteiger partial charge on any atom is 0.269 e. The molecule has 3 aromatic rings. The molecule has 0 saturated carbocycles. The summed E-state index contributed by atoms with van der Waals surface area (Å²) < 4.78 is 0. The maximum absolute atomic E-state index is 13.0. The Hall–Kier alpha value is -4.37. The highest BCUT2D eigenvalue weighted by Gasteiger charge is 2.36. The van der Waals surface area contributed by atoms with Crippen molar-refractivity contribution in [1.29, 1.82) is 0 Å². The zero-order valence-corrected chi connectivity index (χ0v) is 20.1. The van der Waals surface area contributed by atoms with Crippen LogP contribution in [-0.2, 0) is 16.1 Å². The van der Waals surface area contributed by atoms with Crippen LogP contribution in [-0.4, -0.2) is 48.0 Å². The summed E-state index contributed by atoms with van der Waals surface area (Å²) in [5.74, 6) is -0.984. The van der Waals surface area contributed by atoms with Crippen molar-refractivity contribution in [2.75, 3.05) is 26.0 Å². The summed E-state index contributed by atoms with van der Waals surface area (Å²) in [5.41, 5.74) is 3.97. The first kappa shape index (κ1) is 24.7. The first-order chi connectivity index (χ1) is 17.3. The van der Waals surface area contributed by atoms with E-state index in [1.807, 2.05) is 54.6 Å². The van der Waals surface area contributed by atoms with E-state index in [4.69, 9.17) is 4.99 Å². The van der Waals surface area contributed by atoms with Gasteiger partial charge < -0.3 is 15.5 Å². The summed E-state index contributed by atoms with van der Waals surface area (Å²) in [6.07, 6.45) is 0.429. The van der Waals surface area contributed by atoms with Crippen LogP contribution in [0.3, 0.4) is 0 Å². The van der Waals surface area contributed by atoms with Crippen LogP contribution in [0, 0.1) is 10.1 Å². The topological polar surface area (TPSA) is 117 Å². The number of nitrogens with one attached hydrogen (secondary N) is 2. The van der Waals surface area contributed by atoms with Gasteiger partial charge in [0.2, 0.25) is 11.8 Å². The standard InChI is InChI=1S/C27H27N5O4/c1-31(2)24(33)14-15-28-17-18-8-10-20(11-9-18)29-26(19-6-4-3-5-7-19)25-22-16-21(32(35)36)12-13-23(22)30-27(25)34/h3-13,16,25,28H,14-15,17H2,1-2H3,(H,30,34). The van der Waals surface area contributed by atoms with Gasteiger partial charge >= 0.3 is 0 Å². The molecule has 2 N–H and O–H groups in total. The number of amides is 2. The molecule has 2 amide bonds. The third-order valence-electron chi connectivity index (χ3n) is 5.95. The molecule has 0 aromatic heterocycles. The Morgan fingerprint density at radius 2 is 1.81 bits per heavy atom. The number of nitro benzene ring substituents is 1. The average Bonchev–Trinajstić information content (AvgIpc) is 3.21. The lowest BCUT2D eigenvalue weighted by Crippen LogP contribution is -2.26. The van der Waals surface area contributed by atoms with Crippen LogP contribution in [0.15, 0.2) is 77.8 Å². The molecular formula is C27H27N5O4. The largest absolute Gasteiger partial charge is 0.349 e. The number of hydrogen-bond acceptors (Lipinski definition) is 6. The Kier molecular flexibility index (Phi) is 7.50. The van der Waals surface area contributed by atoms with Gasteiger partial charge in [0.25, 0.3) is 5.69 Å². The van der Waals surface area contributed by atoms with E-state index in [0.29, 0.717) is 42.2 Å². The van der Waals surface area contributed by atoms with E-state index in [0.717, 1.165) is 11.1 Å². The number of carbonyl (C=O) groups excluding carboxylic acids is 2. The second-order valence-electron chi connectivity index (χ2n) is 8.70. The van der Waals surface area contributed by atoms with Gasteiger partial charge in [-0.05, 0) is 29.3 Å². The number of anilines is 1. The van der Waals surface area contributed by atoms with E-state index in [-0.39, 0.29) is 17.5 Å². The predicted molar refractivity (Wildman–Crippen MR) is 139 cm³/mol. The van der Waals surface area contributed by atoms with E-state index in [9.17, 15) is 19.7 Å². The van der Waals surface area contributed by atoms with E-state index in [1.165, 1.54) is 12.1 Å². The van der Waals surface area contributed by atoms with Crippen LogP contribution >= 0.6 is 0 Å². The van der Waals surface area contributed by atoms with Crippen molar-refractivity contribution in [2.24, 2.45) is 4.99 Å². The van der Waals surface area contributed by atoms with Gasteiger partial charge in [-0.1, -0.05) is 42.5 Å². The maximum atomic E-state index is 13.0. The number of fused-ring (bicyclic) bond motifs is 1. The fraction of sp³-hybridized carbons (Fsp3) is 0.222. The molecule has 1 unspecified atom stereocenters. The Bertz CT molecular complexity index is 1300. The van der Waals surface area contributed by atoms with E-state index in [2.05, 4.69) is 10.6 Å². The summed E-state index contributed by atoms with van der Waals surface area (Å²) in [6, 6.07) is 21.3. The van der Waals surface area contributed by atoms with Crippen molar-refractivity contribution >= 4 is 34.6 Å². The first-order valence-electron chi connectivity index (χ1n) is 11.6. The minimum Gasteiger partial charge on any atom is -0.349 e. The molecule has 0 aliphatic carbocycles. The molecule has 0 spiro atoms. The molecule has 9 heteroatoms. The molecule has 1 atom stereocenters. The van der Waals surface area contributed by atoms with Crippen LogP contribution in [0.2, 0.25) is 0 Å². The van der Waals surface area contributed by atoms with Crippen LogP contribution in [0.4, 0.5) is 17.1 Å². The number of benzene rings is 3. The quantitative estimate of drug-likeness (QED) is 0.205. The van der Waals surface area contributed by atoms with Gasteiger partial charge in [-0.25, -0.2) is 0 Å². The highest BCUT2D eigenvalue weighted by Crippen LogP contribution is 2.38. The monoisotopic (exact) mass is 485 g/mol.